The summed E-state index contributed by atoms with van der Waals surface area (Å²) in [5.41, 5.74) is 1.80. The summed E-state index contributed by atoms with van der Waals surface area (Å²) < 4.78 is 10.7. The van der Waals surface area contributed by atoms with Gasteiger partial charge in [0.05, 0.1) is 11.5 Å². The second kappa shape index (κ2) is 6.19. The van der Waals surface area contributed by atoms with Gasteiger partial charge >= 0.3 is 0 Å². The van der Waals surface area contributed by atoms with Crippen molar-refractivity contribution in [3.05, 3.63) is 53.8 Å². The fourth-order valence-electron chi connectivity index (χ4n) is 1.91. The number of furan rings is 1. The number of thioether (sulfide) groups is 1. The Hall–Kier alpha value is -2.34. The highest BCUT2D eigenvalue weighted by molar-refractivity contribution is 8.00. The highest BCUT2D eigenvalue weighted by Gasteiger charge is 2.20. The first-order valence-electron chi connectivity index (χ1n) is 6.78. The minimum Gasteiger partial charge on any atom is -0.459 e. The molecule has 1 aromatic carbocycles. The minimum absolute atomic E-state index is 0.0303. The van der Waals surface area contributed by atoms with Crippen molar-refractivity contribution in [3.8, 4) is 11.7 Å². The van der Waals surface area contributed by atoms with Crippen LogP contribution in [0.25, 0.3) is 11.7 Å². The van der Waals surface area contributed by atoms with Crippen LogP contribution in [-0.2, 0) is 0 Å². The molecule has 3 aromatic rings. The number of carbonyl (C=O) groups excluding carboxylic acids is 1. The fraction of sp³-hybridized carbons (Fsp3) is 0.188. The molecular weight excluding hydrogens is 300 g/mol. The van der Waals surface area contributed by atoms with Crippen LogP contribution in [0.1, 0.15) is 22.8 Å². The second-order valence-electron chi connectivity index (χ2n) is 4.84. The molecule has 5 nitrogen and oxygen atoms in total. The van der Waals surface area contributed by atoms with E-state index in [2.05, 4.69) is 10.2 Å². The topological polar surface area (TPSA) is 69.1 Å². The van der Waals surface area contributed by atoms with E-state index in [0.717, 1.165) is 5.56 Å². The summed E-state index contributed by atoms with van der Waals surface area (Å²) >= 11 is 1.24. The molecule has 0 aliphatic rings. The average molecular weight is 314 g/mol. The molecule has 0 spiro atoms. The van der Waals surface area contributed by atoms with Gasteiger partial charge in [0.15, 0.2) is 11.5 Å². The van der Waals surface area contributed by atoms with Crippen molar-refractivity contribution in [2.24, 2.45) is 0 Å². The van der Waals surface area contributed by atoms with E-state index in [9.17, 15) is 4.79 Å². The maximum Gasteiger partial charge on any atom is 0.284 e. The van der Waals surface area contributed by atoms with E-state index in [1.165, 1.54) is 18.0 Å². The lowest BCUT2D eigenvalue weighted by Gasteiger charge is -2.07. The quantitative estimate of drug-likeness (QED) is 0.523. The standard InChI is InChI=1S/C16H14N2O3S/c1-10-5-7-12(8-6-10)14(19)11(2)22-16-18-17-15(21-16)13-4-3-9-20-13/h3-9,11H,1-2H3/t11-/m0/s1. The number of hydrogen-bond acceptors (Lipinski definition) is 6. The molecule has 2 aromatic heterocycles. The summed E-state index contributed by atoms with van der Waals surface area (Å²) in [6.45, 7) is 3.81. The number of benzene rings is 1. The average Bonchev–Trinajstić information content (AvgIpc) is 3.18. The molecule has 0 saturated carbocycles. The smallest absolute Gasteiger partial charge is 0.284 e. The highest BCUT2D eigenvalue weighted by atomic mass is 32.2. The number of aromatic nitrogens is 2. The van der Waals surface area contributed by atoms with E-state index < -0.39 is 0 Å². The van der Waals surface area contributed by atoms with Gasteiger partial charge in [0.25, 0.3) is 11.1 Å². The van der Waals surface area contributed by atoms with Crippen LogP contribution in [0.15, 0.2) is 56.7 Å². The van der Waals surface area contributed by atoms with Crippen molar-refractivity contribution in [3.63, 3.8) is 0 Å². The molecule has 112 valence electrons. The summed E-state index contributed by atoms with van der Waals surface area (Å²) in [5.74, 6) is 0.849. The molecule has 2 heterocycles. The van der Waals surface area contributed by atoms with Gasteiger partial charge in [0.1, 0.15) is 0 Å². The van der Waals surface area contributed by atoms with Gasteiger partial charge in [-0.1, -0.05) is 41.6 Å². The Morgan fingerprint density at radius 3 is 2.64 bits per heavy atom. The SMILES string of the molecule is Cc1ccc(C(=O)[C@H](C)Sc2nnc(-c3ccco3)o2)cc1. The normalized spacial score (nSPS) is 12.3. The highest BCUT2D eigenvalue weighted by Crippen LogP contribution is 2.27. The maximum atomic E-state index is 12.4. The number of rotatable bonds is 5. The third-order valence-corrected chi connectivity index (χ3v) is 4.06. The van der Waals surface area contributed by atoms with Gasteiger partial charge < -0.3 is 8.83 Å². The Labute approximate surface area is 131 Å². The van der Waals surface area contributed by atoms with Crippen molar-refractivity contribution in [2.45, 2.75) is 24.3 Å². The number of aryl methyl sites for hydroxylation is 1. The number of nitrogens with zero attached hydrogens (tertiary/aromatic N) is 2. The lowest BCUT2D eigenvalue weighted by molar-refractivity contribution is 0.0993. The van der Waals surface area contributed by atoms with Crippen LogP contribution in [0.2, 0.25) is 0 Å². The van der Waals surface area contributed by atoms with E-state index in [0.29, 0.717) is 22.4 Å². The van der Waals surface area contributed by atoms with Crippen molar-refractivity contribution in [1.82, 2.24) is 10.2 Å². The zero-order valence-electron chi connectivity index (χ0n) is 12.1. The van der Waals surface area contributed by atoms with Crippen LogP contribution in [0, 0.1) is 6.92 Å². The Morgan fingerprint density at radius 1 is 1.18 bits per heavy atom. The molecule has 0 unspecified atom stereocenters. The number of Topliss-reactive ketones (excluding diaryl/α,β-unsaturated/α-hetero) is 1. The fourth-order valence-corrected chi connectivity index (χ4v) is 2.68. The predicted octanol–water partition coefficient (Wildman–Crippen LogP) is 4.00. The van der Waals surface area contributed by atoms with Gasteiger partial charge in [-0.15, -0.1) is 10.2 Å². The molecule has 0 aliphatic carbocycles. The van der Waals surface area contributed by atoms with E-state index in [4.69, 9.17) is 8.83 Å². The summed E-state index contributed by atoms with van der Waals surface area (Å²) in [6.07, 6.45) is 1.54. The zero-order valence-corrected chi connectivity index (χ0v) is 13.0. The Kier molecular flexibility index (Phi) is 4.11. The first-order chi connectivity index (χ1) is 10.6. The minimum atomic E-state index is -0.312. The van der Waals surface area contributed by atoms with Crippen LogP contribution in [0.4, 0.5) is 0 Å². The van der Waals surface area contributed by atoms with Crippen LogP contribution in [0.3, 0.4) is 0 Å². The molecular formula is C16H14N2O3S. The summed E-state index contributed by atoms with van der Waals surface area (Å²) in [6, 6.07) is 11.0. The summed E-state index contributed by atoms with van der Waals surface area (Å²) in [7, 11) is 0. The van der Waals surface area contributed by atoms with Crippen molar-refractivity contribution in [2.75, 3.05) is 0 Å². The molecule has 0 aliphatic heterocycles. The Morgan fingerprint density at radius 2 is 1.95 bits per heavy atom. The van der Waals surface area contributed by atoms with Crippen LogP contribution >= 0.6 is 11.8 Å². The van der Waals surface area contributed by atoms with Crippen molar-refractivity contribution in [1.29, 1.82) is 0 Å². The first-order valence-corrected chi connectivity index (χ1v) is 7.66. The number of hydrogen-bond donors (Lipinski definition) is 0. The third kappa shape index (κ3) is 3.12. The van der Waals surface area contributed by atoms with E-state index in [1.54, 1.807) is 12.1 Å². The predicted molar refractivity (Wildman–Crippen MR) is 82.8 cm³/mol. The molecule has 0 N–H and O–H groups in total. The molecule has 0 radical (unpaired) electrons. The van der Waals surface area contributed by atoms with E-state index in [-0.39, 0.29) is 11.0 Å². The summed E-state index contributed by atoms with van der Waals surface area (Å²) in [5, 5.41) is 7.88. The van der Waals surface area contributed by atoms with Gasteiger partial charge in [0.2, 0.25) is 0 Å². The molecule has 0 saturated heterocycles. The van der Waals surface area contributed by atoms with Gasteiger partial charge in [0, 0.05) is 5.56 Å². The summed E-state index contributed by atoms with van der Waals surface area (Å²) in [4.78, 5) is 12.4. The van der Waals surface area contributed by atoms with Gasteiger partial charge in [-0.3, -0.25) is 4.79 Å². The maximum absolute atomic E-state index is 12.4. The largest absolute Gasteiger partial charge is 0.459 e. The number of ketones is 1. The second-order valence-corrected chi connectivity index (χ2v) is 6.13. The molecule has 0 amide bonds. The van der Waals surface area contributed by atoms with Crippen molar-refractivity contribution < 1.29 is 13.6 Å². The van der Waals surface area contributed by atoms with Crippen molar-refractivity contribution >= 4 is 17.5 Å². The van der Waals surface area contributed by atoms with Gasteiger partial charge in [-0.25, -0.2) is 0 Å². The molecule has 1 atom stereocenters. The Bertz CT molecular complexity index is 763. The van der Waals surface area contributed by atoms with Crippen LogP contribution in [0.5, 0.6) is 0 Å². The number of carbonyl (C=O) groups is 1. The van der Waals surface area contributed by atoms with Crippen LogP contribution < -0.4 is 0 Å². The third-order valence-electron chi connectivity index (χ3n) is 3.12. The first kappa shape index (κ1) is 14.6. The van der Waals surface area contributed by atoms with E-state index in [1.807, 2.05) is 38.1 Å². The zero-order chi connectivity index (χ0) is 15.5. The van der Waals surface area contributed by atoms with E-state index >= 15 is 0 Å². The lowest BCUT2D eigenvalue weighted by Crippen LogP contribution is -2.13. The Balaban J connectivity index is 1.70. The monoisotopic (exact) mass is 314 g/mol. The van der Waals surface area contributed by atoms with Crippen LogP contribution in [-0.4, -0.2) is 21.2 Å². The molecule has 22 heavy (non-hydrogen) atoms. The molecule has 0 fully saturated rings. The molecule has 6 heteroatoms. The molecule has 3 rings (SSSR count). The van der Waals surface area contributed by atoms with Gasteiger partial charge in [-0.05, 0) is 26.0 Å². The molecule has 0 bridgehead atoms. The lowest BCUT2D eigenvalue weighted by atomic mass is 10.1. The van der Waals surface area contributed by atoms with Gasteiger partial charge in [-0.2, -0.15) is 0 Å².